The molecule has 0 bridgehead atoms. The number of nitrogens with zero attached hydrogens (tertiary/aromatic N) is 2. The molecule has 2 amide bonds. The van der Waals surface area contributed by atoms with E-state index in [1.54, 1.807) is 0 Å². The number of hydrogen-bond donors (Lipinski definition) is 1. The van der Waals surface area contributed by atoms with Gasteiger partial charge in [-0.1, -0.05) is 30.3 Å². The van der Waals surface area contributed by atoms with Crippen LogP contribution in [0.4, 0.5) is 4.79 Å². The normalized spacial score (nSPS) is 14.5. The van der Waals surface area contributed by atoms with Gasteiger partial charge in [-0.15, -0.1) is 0 Å². The molecule has 0 radical (unpaired) electrons. The lowest BCUT2D eigenvalue weighted by Gasteiger charge is -2.34. The van der Waals surface area contributed by atoms with Crippen molar-refractivity contribution in [1.82, 2.24) is 15.1 Å². The number of carbonyl (C=O) groups excluding carboxylic acids is 1. The molecule has 1 heterocycles. The number of piperazine rings is 1. The van der Waals surface area contributed by atoms with Gasteiger partial charge in [-0.25, -0.2) is 4.79 Å². The van der Waals surface area contributed by atoms with Crippen molar-refractivity contribution >= 4 is 6.03 Å². The Hall–Kier alpha value is -2.73. The molecular weight excluding hydrogens is 354 g/mol. The van der Waals surface area contributed by atoms with Crippen molar-refractivity contribution in [2.24, 2.45) is 0 Å². The predicted molar refractivity (Wildman–Crippen MR) is 110 cm³/mol. The van der Waals surface area contributed by atoms with Gasteiger partial charge < -0.3 is 19.7 Å². The molecule has 6 heteroatoms. The molecule has 0 saturated carbocycles. The summed E-state index contributed by atoms with van der Waals surface area (Å²) in [5.74, 6) is 1.73. The van der Waals surface area contributed by atoms with E-state index in [0.29, 0.717) is 19.8 Å². The third-order valence-corrected chi connectivity index (χ3v) is 4.72. The Morgan fingerprint density at radius 1 is 0.929 bits per heavy atom. The lowest BCUT2D eigenvalue weighted by molar-refractivity contribution is 0.125. The van der Waals surface area contributed by atoms with Crippen molar-refractivity contribution in [2.75, 3.05) is 52.5 Å². The highest BCUT2D eigenvalue weighted by Crippen LogP contribution is 2.12. The second kappa shape index (κ2) is 10.6. The SMILES string of the molecule is Cc1cccc(OCCNC(=O)N2CCN(CCOc3ccccc3)CC2)c1. The maximum atomic E-state index is 12.3. The van der Waals surface area contributed by atoms with Crippen molar-refractivity contribution < 1.29 is 14.3 Å². The fraction of sp³-hybridized carbons (Fsp3) is 0.409. The molecule has 1 fully saturated rings. The van der Waals surface area contributed by atoms with Crippen LogP contribution < -0.4 is 14.8 Å². The average Bonchev–Trinajstić information content (AvgIpc) is 2.72. The fourth-order valence-electron chi connectivity index (χ4n) is 3.13. The molecule has 0 spiro atoms. The minimum atomic E-state index is -0.0203. The van der Waals surface area contributed by atoms with Crippen molar-refractivity contribution in [3.8, 4) is 11.5 Å². The number of benzene rings is 2. The molecule has 0 atom stereocenters. The van der Waals surface area contributed by atoms with Gasteiger partial charge in [-0.3, -0.25) is 4.90 Å². The molecule has 1 N–H and O–H groups in total. The van der Waals surface area contributed by atoms with Gasteiger partial charge in [-0.2, -0.15) is 0 Å². The van der Waals surface area contributed by atoms with Crippen LogP contribution in [-0.4, -0.2) is 68.3 Å². The number of urea groups is 1. The van der Waals surface area contributed by atoms with Crippen molar-refractivity contribution in [1.29, 1.82) is 0 Å². The maximum Gasteiger partial charge on any atom is 0.317 e. The molecule has 0 aliphatic carbocycles. The Labute approximate surface area is 167 Å². The molecular formula is C22H29N3O3. The number of hydrogen-bond acceptors (Lipinski definition) is 4. The van der Waals surface area contributed by atoms with Crippen LogP contribution in [0.2, 0.25) is 0 Å². The highest BCUT2D eigenvalue weighted by molar-refractivity contribution is 5.74. The van der Waals surface area contributed by atoms with E-state index in [1.165, 1.54) is 0 Å². The summed E-state index contributed by atoms with van der Waals surface area (Å²) in [6.07, 6.45) is 0. The molecule has 2 aromatic carbocycles. The Bertz CT molecular complexity index is 731. The smallest absolute Gasteiger partial charge is 0.317 e. The third kappa shape index (κ3) is 6.46. The van der Waals surface area contributed by atoms with Crippen LogP contribution in [0.3, 0.4) is 0 Å². The first-order chi connectivity index (χ1) is 13.7. The molecule has 3 rings (SSSR count). The number of nitrogens with one attached hydrogen (secondary N) is 1. The van der Waals surface area contributed by atoms with Gasteiger partial charge >= 0.3 is 6.03 Å². The minimum Gasteiger partial charge on any atom is -0.492 e. The van der Waals surface area contributed by atoms with E-state index in [4.69, 9.17) is 9.47 Å². The summed E-state index contributed by atoms with van der Waals surface area (Å²) in [5.41, 5.74) is 1.16. The van der Waals surface area contributed by atoms with Crippen LogP contribution in [0.1, 0.15) is 5.56 Å². The zero-order valence-corrected chi connectivity index (χ0v) is 16.5. The summed E-state index contributed by atoms with van der Waals surface area (Å²) in [5, 5.41) is 2.94. The Balaban J connectivity index is 1.27. The van der Waals surface area contributed by atoms with Crippen LogP contribution in [0.25, 0.3) is 0 Å². The zero-order chi connectivity index (χ0) is 19.6. The van der Waals surface area contributed by atoms with Crippen LogP contribution >= 0.6 is 0 Å². The Morgan fingerprint density at radius 2 is 1.64 bits per heavy atom. The Morgan fingerprint density at radius 3 is 2.39 bits per heavy atom. The van der Waals surface area contributed by atoms with Crippen molar-refractivity contribution in [3.05, 3.63) is 60.2 Å². The monoisotopic (exact) mass is 383 g/mol. The van der Waals surface area contributed by atoms with Crippen molar-refractivity contribution in [3.63, 3.8) is 0 Å². The Kier molecular flexibility index (Phi) is 7.55. The number of carbonyl (C=O) groups is 1. The molecule has 0 aromatic heterocycles. The summed E-state index contributed by atoms with van der Waals surface area (Å²) in [7, 11) is 0. The topological polar surface area (TPSA) is 54.0 Å². The van der Waals surface area contributed by atoms with Gasteiger partial charge in [-0.05, 0) is 36.8 Å². The van der Waals surface area contributed by atoms with Crippen LogP contribution in [-0.2, 0) is 0 Å². The van der Waals surface area contributed by atoms with Gasteiger partial charge in [0.2, 0.25) is 0 Å². The minimum absolute atomic E-state index is 0.0203. The molecule has 2 aromatic rings. The molecule has 0 unspecified atom stereocenters. The second-order valence-corrected chi connectivity index (χ2v) is 6.89. The van der Waals surface area contributed by atoms with Gasteiger partial charge in [0.1, 0.15) is 24.7 Å². The van der Waals surface area contributed by atoms with E-state index in [-0.39, 0.29) is 6.03 Å². The summed E-state index contributed by atoms with van der Waals surface area (Å²) in [6, 6.07) is 17.7. The van der Waals surface area contributed by atoms with E-state index < -0.39 is 0 Å². The highest BCUT2D eigenvalue weighted by atomic mass is 16.5. The lowest BCUT2D eigenvalue weighted by Crippen LogP contribution is -2.52. The second-order valence-electron chi connectivity index (χ2n) is 6.89. The average molecular weight is 383 g/mol. The van der Waals surface area contributed by atoms with E-state index in [0.717, 1.165) is 49.8 Å². The number of amides is 2. The molecule has 6 nitrogen and oxygen atoms in total. The molecule has 150 valence electrons. The first-order valence-electron chi connectivity index (χ1n) is 9.83. The van der Waals surface area contributed by atoms with Crippen LogP contribution in [0.15, 0.2) is 54.6 Å². The quantitative estimate of drug-likeness (QED) is 0.712. The first-order valence-corrected chi connectivity index (χ1v) is 9.83. The van der Waals surface area contributed by atoms with E-state index in [9.17, 15) is 4.79 Å². The summed E-state index contributed by atoms with van der Waals surface area (Å²) in [4.78, 5) is 16.5. The zero-order valence-electron chi connectivity index (χ0n) is 16.5. The number of aryl methyl sites for hydroxylation is 1. The fourth-order valence-corrected chi connectivity index (χ4v) is 3.13. The summed E-state index contributed by atoms with van der Waals surface area (Å²) in [6.45, 7) is 7.72. The van der Waals surface area contributed by atoms with Gasteiger partial charge in [0.05, 0.1) is 6.54 Å². The van der Waals surface area contributed by atoms with Gasteiger partial charge in [0.15, 0.2) is 0 Å². The number of ether oxygens (including phenoxy) is 2. The number of rotatable bonds is 8. The van der Waals surface area contributed by atoms with Crippen LogP contribution in [0, 0.1) is 6.92 Å². The summed E-state index contributed by atoms with van der Waals surface area (Å²) >= 11 is 0. The molecule has 1 saturated heterocycles. The van der Waals surface area contributed by atoms with Gasteiger partial charge in [0.25, 0.3) is 0 Å². The standard InChI is InChI=1S/C22H29N3O3/c1-19-6-5-9-21(18-19)27-16-10-23-22(26)25-13-11-24(12-14-25)15-17-28-20-7-3-2-4-8-20/h2-9,18H,10-17H2,1H3,(H,23,26). The maximum absolute atomic E-state index is 12.3. The van der Waals surface area contributed by atoms with E-state index in [1.807, 2.05) is 66.4 Å². The largest absolute Gasteiger partial charge is 0.492 e. The first kappa shape index (κ1) is 20.0. The molecule has 1 aliphatic rings. The van der Waals surface area contributed by atoms with E-state index in [2.05, 4.69) is 10.2 Å². The molecule has 1 aliphatic heterocycles. The van der Waals surface area contributed by atoms with E-state index >= 15 is 0 Å². The van der Waals surface area contributed by atoms with Gasteiger partial charge in [0, 0.05) is 32.7 Å². The highest BCUT2D eigenvalue weighted by Gasteiger charge is 2.20. The summed E-state index contributed by atoms with van der Waals surface area (Å²) < 4.78 is 11.4. The van der Waals surface area contributed by atoms with Crippen LogP contribution in [0.5, 0.6) is 11.5 Å². The lowest BCUT2D eigenvalue weighted by atomic mass is 10.2. The molecule has 28 heavy (non-hydrogen) atoms. The third-order valence-electron chi connectivity index (χ3n) is 4.72. The number of para-hydroxylation sites is 1. The predicted octanol–water partition coefficient (Wildman–Crippen LogP) is 2.78. The van der Waals surface area contributed by atoms with Crippen molar-refractivity contribution in [2.45, 2.75) is 6.92 Å².